The molecule has 3 heteroatoms. The van der Waals surface area contributed by atoms with Crippen LogP contribution in [-0.2, 0) is 0 Å². The maximum absolute atomic E-state index is 13.9. The summed E-state index contributed by atoms with van der Waals surface area (Å²) in [6.07, 6.45) is 0.129. The van der Waals surface area contributed by atoms with Crippen molar-refractivity contribution in [3.8, 4) is 5.75 Å². The fraction of sp³-hybridized carbons (Fsp3) is 0.294. The highest BCUT2D eigenvalue weighted by Crippen LogP contribution is 2.25. The molecule has 0 fully saturated rings. The van der Waals surface area contributed by atoms with E-state index in [4.69, 9.17) is 10.5 Å². The van der Waals surface area contributed by atoms with Crippen molar-refractivity contribution in [2.24, 2.45) is 5.73 Å². The molecule has 0 aliphatic carbocycles. The molecule has 2 nitrogen and oxygen atoms in total. The molecule has 0 heterocycles. The molecule has 1 unspecified atom stereocenters. The number of hydrogen-bond donors (Lipinski definition) is 1. The van der Waals surface area contributed by atoms with E-state index in [0.717, 1.165) is 16.9 Å². The first kappa shape index (κ1) is 14.5. The summed E-state index contributed by atoms with van der Waals surface area (Å²) in [6, 6.07) is 12.1. The lowest BCUT2D eigenvalue weighted by atomic mass is 9.98. The summed E-state index contributed by atoms with van der Waals surface area (Å²) in [4.78, 5) is 0. The van der Waals surface area contributed by atoms with E-state index in [1.165, 1.54) is 6.07 Å². The first-order valence-corrected chi connectivity index (χ1v) is 6.75. The van der Waals surface area contributed by atoms with Gasteiger partial charge in [0.15, 0.2) is 0 Å². The molecule has 2 aromatic carbocycles. The lowest BCUT2D eigenvalue weighted by molar-refractivity contribution is 0.242. The highest BCUT2D eigenvalue weighted by atomic mass is 19.1. The lowest BCUT2D eigenvalue weighted by Crippen LogP contribution is -2.14. The van der Waals surface area contributed by atoms with E-state index in [1.807, 2.05) is 51.1 Å². The van der Waals surface area contributed by atoms with Crippen molar-refractivity contribution >= 4 is 0 Å². The molecule has 0 aliphatic rings. The topological polar surface area (TPSA) is 35.2 Å². The third kappa shape index (κ3) is 3.36. The molecule has 0 amide bonds. The average Bonchev–Trinajstić information content (AvgIpc) is 2.38. The summed E-state index contributed by atoms with van der Waals surface area (Å²) < 4.78 is 19.5. The Labute approximate surface area is 119 Å². The van der Waals surface area contributed by atoms with E-state index in [2.05, 4.69) is 0 Å². The van der Waals surface area contributed by atoms with Gasteiger partial charge in [0.05, 0.1) is 12.1 Å². The molecule has 0 spiro atoms. The first-order valence-electron chi connectivity index (χ1n) is 6.75. The van der Waals surface area contributed by atoms with Crippen LogP contribution in [0.4, 0.5) is 4.39 Å². The van der Waals surface area contributed by atoms with Crippen LogP contribution in [0, 0.1) is 12.7 Å². The fourth-order valence-electron chi connectivity index (χ4n) is 2.09. The predicted octanol–water partition coefficient (Wildman–Crippen LogP) is 3.97. The van der Waals surface area contributed by atoms with E-state index < -0.39 is 6.04 Å². The maximum atomic E-state index is 13.9. The van der Waals surface area contributed by atoms with Crippen molar-refractivity contribution in [3.63, 3.8) is 0 Å². The van der Waals surface area contributed by atoms with Crippen molar-refractivity contribution in [1.82, 2.24) is 0 Å². The maximum Gasteiger partial charge on any atom is 0.128 e. The molecular formula is C17H20FNO. The number of ether oxygens (including phenoxy) is 1. The molecule has 0 saturated carbocycles. The minimum atomic E-state index is -0.469. The minimum absolute atomic E-state index is 0.129. The standard InChI is InChI=1S/C17H20FNO/c1-11(2)20-14-7-5-13(6-8-14)17(19)15-9-4-12(3)10-16(15)18/h4-11,17H,19H2,1-3H3. The lowest BCUT2D eigenvalue weighted by Gasteiger charge is -2.15. The Morgan fingerprint density at radius 1 is 1.05 bits per heavy atom. The van der Waals surface area contributed by atoms with Crippen molar-refractivity contribution in [3.05, 3.63) is 65.0 Å². The molecule has 2 aromatic rings. The number of aryl methyl sites for hydroxylation is 1. The van der Waals surface area contributed by atoms with Gasteiger partial charge in [-0.3, -0.25) is 0 Å². The number of benzene rings is 2. The molecule has 106 valence electrons. The Kier molecular flexibility index (Phi) is 4.40. The Hall–Kier alpha value is -1.87. The number of hydrogen-bond acceptors (Lipinski definition) is 2. The second-order valence-corrected chi connectivity index (χ2v) is 5.24. The number of nitrogens with two attached hydrogens (primary N) is 1. The summed E-state index contributed by atoms with van der Waals surface area (Å²) in [6.45, 7) is 5.80. The smallest absolute Gasteiger partial charge is 0.128 e. The molecule has 2 rings (SSSR count). The summed E-state index contributed by atoms with van der Waals surface area (Å²) in [7, 11) is 0. The van der Waals surface area contributed by atoms with Gasteiger partial charge in [0.2, 0.25) is 0 Å². The molecular weight excluding hydrogens is 253 g/mol. The fourth-order valence-corrected chi connectivity index (χ4v) is 2.09. The Balaban J connectivity index is 2.22. The zero-order chi connectivity index (χ0) is 14.7. The van der Waals surface area contributed by atoms with E-state index in [9.17, 15) is 4.39 Å². The van der Waals surface area contributed by atoms with Crippen LogP contribution in [0.2, 0.25) is 0 Å². The average molecular weight is 273 g/mol. The highest BCUT2D eigenvalue weighted by molar-refractivity contribution is 5.36. The molecule has 0 aromatic heterocycles. The molecule has 0 aliphatic heterocycles. The van der Waals surface area contributed by atoms with E-state index in [1.54, 1.807) is 6.07 Å². The molecule has 1 atom stereocenters. The highest BCUT2D eigenvalue weighted by Gasteiger charge is 2.13. The van der Waals surface area contributed by atoms with Crippen LogP contribution in [0.15, 0.2) is 42.5 Å². The second kappa shape index (κ2) is 6.06. The molecule has 0 bridgehead atoms. The predicted molar refractivity (Wildman–Crippen MR) is 79.4 cm³/mol. The van der Waals surface area contributed by atoms with Gasteiger partial charge >= 0.3 is 0 Å². The molecule has 0 saturated heterocycles. The summed E-state index contributed by atoms with van der Waals surface area (Å²) in [5.41, 5.74) is 8.40. The third-order valence-electron chi connectivity index (χ3n) is 3.10. The number of rotatable bonds is 4. The Morgan fingerprint density at radius 2 is 1.70 bits per heavy atom. The molecule has 0 radical (unpaired) electrons. The number of halogens is 1. The quantitative estimate of drug-likeness (QED) is 0.914. The van der Waals surface area contributed by atoms with Gasteiger partial charge in [-0.05, 0) is 50.1 Å². The van der Waals surface area contributed by atoms with Crippen LogP contribution in [0.1, 0.15) is 36.6 Å². The zero-order valence-electron chi connectivity index (χ0n) is 12.1. The largest absolute Gasteiger partial charge is 0.491 e. The van der Waals surface area contributed by atoms with E-state index >= 15 is 0 Å². The zero-order valence-corrected chi connectivity index (χ0v) is 12.1. The third-order valence-corrected chi connectivity index (χ3v) is 3.10. The van der Waals surface area contributed by atoms with Crippen LogP contribution in [-0.4, -0.2) is 6.10 Å². The van der Waals surface area contributed by atoms with E-state index in [-0.39, 0.29) is 11.9 Å². The van der Waals surface area contributed by atoms with Crippen molar-refractivity contribution in [2.75, 3.05) is 0 Å². The normalized spacial score (nSPS) is 12.5. The van der Waals surface area contributed by atoms with Crippen LogP contribution in [0.3, 0.4) is 0 Å². The van der Waals surface area contributed by atoms with Crippen molar-refractivity contribution < 1.29 is 9.13 Å². The van der Waals surface area contributed by atoms with Gasteiger partial charge in [-0.15, -0.1) is 0 Å². The van der Waals surface area contributed by atoms with Crippen molar-refractivity contribution in [2.45, 2.75) is 32.9 Å². The van der Waals surface area contributed by atoms with Gasteiger partial charge in [-0.25, -0.2) is 4.39 Å². The summed E-state index contributed by atoms with van der Waals surface area (Å²) in [5, 5.41) is 0. The van der Waals surface area contributed by atoms with Crippen molar-refractivity contribution in [1.29, 1.82) is 0 Å². The Morgan fingerprint density at radius 3 is 2.25 bits per heavy atom. The van der Waals surface area contributed by atoms with Crippen LogP contribution in [0.25, 0.3) is 0 Å². The van der Waals surface area contributed by atoms with Gasteiger partial charge in [0, 0.05) is 5.56 Å². The van der Waals surface area contributed by atoms with Crippen LogP contribution in [0.5, 0.6) is 5.75 Å². The Bertz CT molecular complexity index is 578. The van der Waals surface area contributed by atoms with Gasteiger partial charge in [-0.2, -0.15) is 0 Å². The molecule has 2 N–H and O–H groups in total. The van der Waals surface area contributed by atoms with E-state index in [0.29, 0.717) is 5.56 Å². The molecule has 20 heavy (non-hydrogen) atoms. The van der Waals surface area contributed by atoms with Crippen LogP contribution < -0.4 is 10.5 Å². The summed E-state index contributed by atoms with van der Waals surface area (Å²) >= 11 is 0. The second-order valence-electron chi connectivity index (χ2n) is 5.24. The SMILES string of the molecule is Cc1ccc(C(N)c2ccc(OC(C)C)cc2)c(F)c1. The monoisotopic (exact) mass is 273 g/mol. The van der Waals surface area contributed by atoms with Crippen LogP contribution >= 0.6 is 0 Å². The summed E-state index contributed by atoms with van der Waals surface area (Å²) in [5.74, 6) is 0.528. The first-order chi connectivity index (χ1) is 9.47. The minimum Gasteiger partial charge on any atom is -0.491 e. The van der Waals surface area contributed by atoms with Gasteiger partial charge in [0.1, 0.15) is 11.6 Å². The van der Waals surface area contributed by atoms with Gasteiger partial charge < -0.3 is 10.5 Å². The van der Waals surface area contributed by atoms with Gasteiger partial charge in [0.25, 0.3) is 0 Å². The van der Waals surface area contributed by atoms with Gasteiger partial charge in [-0.1, -0.05) is 24.3 Å².